The molecule has 0 aliphatic heterocycles. The molecule has 8 nitrogen and oxygen atoms in total. The first kappa shape index (κ1) is 17.8. The fraction of sp³-hybridized carbons (Fsp3) is 0.389. The summed E-state index contributed by atoms with van der Waals surface area (Å²) in [6.45, 7) is 8.15. The van der Waals surface area contributed by atoms with E-state index in [2.05, 4.69) is 46.3 Å². The summed E-state index contributed by atoms with van der Waals surface area (Å²) in [5.41, 5.74) is 7.27. The van der Waals surface area contributed by atoms with Gasteiger partial charge in [0, 0.05) is 5.56 Å². The minimum Gasteiger partial charge on any atom is -0.273 e. The Kier molecular flexibility index (Phi) is 4.58. The lowest BCUT2D eigenvalue weighted by Gasteiger charge is -2.08. The van der Waals surface area contributed by atoms with Crippen LogP contribution in [0, 0.1) is 17.3 Å². The van der Waals surface area contributed by atoms with Crippen LogP contribution in [0.2, 0.25) is 0 Å². The molecule has 2 N–H and O–H groups in total. The number of hydrogen-bond acceptors (Lipinski definition) is 5. The van der Waals surface area contributed by atoms with Gasteiger partial charge in [-0.1, -0.05) is 25.5 Å². The normalized spacial score (nSPS) is 20.2. The van der Waals surface area contributed by atoms with E-state index in [0.29, 0.717) is 5.56 Å². The zero-order valence-electron chi connectivity index (χ0n) is 15.2. The summed E-state index contributed by atoms with van der Waals surface area (Å²) >= 11 is 0. The average molecular weight is 354 g/mol. The van der Waals surface area contributed by atoms with Crippen molar-refractivity contribution in [1.29, 1.82) is 0 Å². The summed E-state index contributed by atoms with van der Waals surface area (Å²) in [7, 11) is 0. The van der Waals surface area contributed by atoms with Gasteiger partial charge in [-0.25, -0.2) is 4.68 Å². The maximum Gasteiger partial charge on any atom is 0.269 e. The number of aromatic nitrogens is 4. The maximum atomic E-state index is 12.4. The van der Waals surface area contributed by atoms with Gasteiger partial charge in [0.1, 0.15) is 6.33 Å². The van der Waals surface area contributed by atoms with E-state index in [1.165, 1.54) is 16.6 Å². The number of amides is 2. The Morgan fingerprint density at radius 1 is 1.15 bits per heavy atom. The molecule has 1 fully saturated rings. The second-order valence-electron chi connectivity index (χ2n) is 7.31. The molecule has 2 amide bonds. The molecule has 1 aliphatic carbocycles. The molecule has 0 bridgehead atoms. The van der Waals surface area contributed by atoms with Crippen molar-refractivity contribution in [3.05, 3.63) is 47.8 Å². The first-order valence-electron chi connectivity index (χ1n) is 8.39. The van der Waals surface area contributed by atoms with E-state index in [4.69, 9.17) is 0 Å². The summed E-state index contributed by atoms with van der Waals surface area (Å²) in [5.74, 6) is -0.491. The quantitative estimate of drug-likeness (QED) is 0.642. The smallest absolute Gasteiger partial charge is 0.269 e. The van der Waals surface area contributed by atoms with E-state index in [-0.39, 0.29) is 29.1 Å². The highest BCUT2D eigenvalue weighted by Gasteiger charge is 2.60. The summed E-state index contributed by atoms with van der Waals surface area (Å²) < 4.78 is 1.49. The molecule has 26 heavy (non-hydrogen) atoms. The fourth-order valence-corrected chi connectivity index (χ4v) is 3.16. The van der Waals surface area contributed by atoms with Gasteiger partial charge in [0.15, 0.2) is 0 Å². The van der Waals surface area contributed by atoms with Crippen LogP contribution >= 0.6 is 0 Å². The van der Waals surface area contributed by atoms with Crippen LogP contribution in [-0.2, 0) is 4.79 Å². The lowest BCUT2D eigenvalue weighted by molar-refractivity contribution is -0.123. The van der Waals surface area contributed by atoms with Crippen LogP contribution in [0.3, 0.4) is 0 Å². The minimum atomic E-state index is -0.376. The largest absolute Gasteiger partial charge is 0.273 e. The van der Waals surface area contributed by atoms with Crippen LogP contribution in [0.25, 0.3) is 5.69 Å². The molecule has 1 aromatic carbocycles. The Hall–Kier alpha value is -3.03. The number of tetrazole rings is 1. The number of allylic oxidation sites excluding steroid dienone is 2. The number of carbonyl (C=O) groups is 2. The monoisotopic (exact) mass is 354 g/mol. The van der Waals surface area contributed by atoms with Gasteiger partial charge in [-0.15, -0.1) is 5.10 Å². The Balaban J connectivity index is 1.57. The maximum absolute atomic E-state index is 12.4. The van der Waals surface area contributed by atoms with Gasteiger partial charge >= 0.3 is 0 Å². The van der Waals surface area contributed by atoms with Crippen LogP contribution in [0.15, 0.2) is 42.2 Å². The number of hydrazine groups is 1. The second kappa shape index (κ2) is 6.70. The van der Waals surface area contributed by atoms with Gasteiger partial charge in [0.05, 0.1) is 11.6 Å². The topological polar surface area (TPSA) is 102 Å². The van der Waals surface area contributed by atoms with Crippen LogP contribution in [0.5, 0.6) is 0 Å². The third-order valence-electron chi connectivity index (χ3n) is 4.75. The van der Waals surface area contributed by atoms with Gasteiger partial charge in [-0.05, 0) is 59.9 Å². The molecular formula is C18H22N6O2. The van der Waals surface area contributed by atoms with Crippen molar-refractivity contribution in [3.8, 4) is 5.69 Å². The predicted octanol–water partition coefficient (Wildman–Crippen LogP) is 1.66. The number of rotatable bonds is 4. The zero-order chi connectivity index (χ0) is 18.9. The van der Waals surface area contributed by atoms with E-state index in [9.17, 15) is 9.59 Å². The SMILES string of the molecule is CC(C)=CC1C(C(=O)NNC(=O)c2ccc(-n3cnnn3)cc2)C1(C)C. The molecule has 2 atom stereocenters. The lowest BCUT2D eigenvalue weighted by atomic mass is 10.1. The first-order chi connectivity index (χ1) is 12.3. The zero-order valence-corrected chi connectivity index (χ0v) is 15.2. The average Bonchev–Trinajstić information content (AvgIpc) is 2.97. The van der Waals surface area contributed by atoms with Crippen molar-refractivity contribution in [3.63, 3.8) is 0 Å². The van der Waals surface area contributed by atoms with Crippen molar-refractivity contribution in [1.82, 2.24) is 31.1 Å². The summed E-state index contributed by atoms with van der Waals surface area (Å²) in [6.07, 6.45) is 3.58. The highest BCUT2D eigenvalue weighted by molar-refractivity contribution is 5.96. The number of nitrogens with one attached hydrogen (secondary N) is 2. The van der Waals surface area contributed by atoms with Crippen molar-refractivity contribution >= 4 is 11.8 Å². The summed E-state index contributed by atoms with van der Waals surface area (Å²) in [4.78, 5) is 24.6. The van der Waals surface area contributed by atoms with Crippen LogP contribution in [0.4, 0.5) is 0 Å². The van der Waals surface area contributed by atoms with E-state index in [1.807, 2.05) is 13.8 Å². The third kappa shape index (κ3) is 3.49. The highest BCUT2D eigenvalue weighted by Crippen LogP contribution is 2.59. The molecule has 1 aliphatic rings. The Labute approximate surface area is 151 Å². The van der Waals surface area contributed by atoms with Gasteiger partial charge in [-0.2, -0.15) is 0 Å². The lowest BCUT2D eigenvalue weighted by Crippen LogP contribution is -2.43. The van der Waals surface area contributed by atoms with Crippen molar-refractivity contribution in [2.45, 2.75) is 27.7 Å². The minimum absolute atomic E-state index is 0.0977. The van der Waals surface area contributed by atoms with E-state index in [0.717, 1.165) is 5.69 Å². The highest BCUT2D eigenvalue weighted by atomic mass is 16.2. The van der Waals surface area contributed by atoms with Crippen LogP contribution in [-0.4, -0.2) is 32.0 Å². The summed E-state index contributed by atoms with van der Waals surface area (Å²) in [5, 5.41) is 10.9. The Morgan fingerprint density at radius 2 is 1.85 bits per heavy atom. The molecule has 1 heterocycles. The third-order valence-corrected chi connectivity index (χ3v) is 4.75. The number of carbonyl (C=O) groups excluding carboxylic acids is 2. The van der Waals surface area contributed by atoms with E-state index in [1.54, 1.807) is 24.3 Å². The van der Waals surface area contributed by atoms with Crippen molar-refractivity contribution in [2.75, 3.05) is 0 Å². The van der Waals surface area contributed by atoms with E-state index < -0.39 is 0 Å². The second-order valence-corrected chi connectivity index (χ2v) is 7.31. The van der Waals surface area contributed by atoms with Crippen LogP contribution in [0.1, 0.15) is 38.1 Å². The van der Waals surface area contributed by atoms with Crippen molar-refractivity contribution in [2.24, 2.45) is 17.3 Å². The van der Waals surface area contributed by atoms with Gasteiger partial charge in [-0.3, -0.25) is 20.4 Å². The van der Waals surface area contributed by atoms with Gasteiger partial charge in [0.2, 0.25) is 5.91 Å². The molecule has 0 saturated heterocycles. The van der Waals surface area contributed by atoms with Crippen LogP contribution < -0.4 is 10.9 Å². The molecule has 0 radical (unpaired) electrons. The Bertz CT molecular complexity index is 835. The molecule has 2 unspecified atom stereocenters. The fourth-order valence-electron chi connectivity index (χ4n) is 3.16. The number of benzene rings is 1. The first-order valence-corrected chi connectivity index (χ1v) is 8.39. The predicted molar refractivity (Wildman–Crippen MR) is 95.0 cm³/mol. The molecule has 1 aromatic heterocycles. The molecular weight excluding hydrogens is 332 g/mol. The van der Waals surface area contributed by atoms with E-state index >= 15 is 0 Å². The summed E-state index contributed by atoms with van der Waals surface area (Å²) in [6, 6.07) is 6.74. The molecule has 3 rings (SSSR count). The standard InChI is InChI=1S/C18H22N6O2/c1-11(2)9-14-15(18(14,3)4)17(26)21-20-16(25)12-5-7-13(8-6-12)24-10-19-22-23-24/h5-10,14-15H,1-4H3,(H,20,25)(H,21,26). The molecule has 0 spiro atoms. The molecule has 136 valence electrons. The van der Waals surface area contributed by atoms with Gasteiger partial charge < -0.3 is 0 Å². The number of nitrogens with zero attached hydrogens (tertiary/aromatic N) is 4. The van der Waals surface area contributed by atoms with Gasteiger partial charge in [0.25, 0.3) is 5.91 Å². The number of hydrogen-bond donors (Lipinski definition) is 2. The molecule has 8 heteroatoms. The molecule has 1 saturated carbocycles. The van der Waals surface area contributed by atoms with Crippen molar-refractivity contribution < 1.29 is 9.59 Å². The Morgan fingerprint density at radius 3 is 2.42 bits per heavy atom. The molecule has 2 aromatic rings.